The van der Waals surface area contributed by atoms with Crippen molar-refractivity contribution in [1.82, 2.24) is 19.5 Å². The Balaban J connectivity index is 1.19. The zero-order valence-corrected chi connectivity index (χ0v) is 36.7. The van der Waals surface area contributed by atoms with E-state index in [0.29, 0.717) is 17.5 Å². The van der Waals surface area contributed by atoms with Crippen molar-refractivity contribution in [2.45, 2.75) is 13.8 Å². The van der Waals surface area contributed by atoms with Crippen LogP contribution < -0.4 is 20.7 Å². The highest BCUT2D eigenvalue weighted by atomic mass is 28.3. The molecule has 0 aliphatic rings. The van der Waals surface area contributed by atoms with E-state index in [1.165, 1.54) is 42.6 Å². The van der Waals surface area contributed by atoms with E-state index in [2.05, 4.69) is 213 Å². The van der Waals surface area contributed by atoms with Crippen molar-refractivity contribution >= 4 is 50.6 Å². The largest absolute Gasteiger partial charge is 0.309 e. The fourth-order valence-corrected chi connectivity index (χ4v) is 14.3. The van der Waals surface area contributed by atoms with Crippen molar-refractivity contribution in [3.05, 3.63) is 242 Å². The first-order valence-electron chi connectivity index (χ1n) is 21.9. The molecule has 5 heteroatoms. The smallest absolute Gasteiger partial charge is 0.179 e. The Hall–Kier alpha value is -7.99. The molecule has 0 amide bonds. The maximum atomic E-state index is 5.34. The Morgan fingerprint density at radius 2 is 0.734 bits per heavy atom. The summed E-state index contributed by atoms with van der Waals surface area (Å²) >= 11 is 0. The van der Waals surface area contributed by atoms with Gasteiger partial charge in [0, 0.05) is 27.5 Å². The summed E-state index contributed by atoms with van der Waals surface area (Å²) in [7, 11) is -2.79. The van der Waals surface area contributed by atoms with E-state index in [1.54, 1.807) is 0 Å². The molecule has 0 saturated carbocycles. The van der Waals surface area contributed by atoms with Gasteiger partial charge >= 0.3 is 0 Å². The summed E-state index contributed by atoms with van der Waals surface area (Å²) in [6, 6.07) is 83.4. The second-order valence-electron chi connectivity index (χ2n) is 16.6. The van der Waals surface area contributed by atoms with Crippen molar-refractivity contribution in [2.24, 2.45) is 0 Å². The van der Waals surface area contributed by atoms with E-state index in [1.807, 2.05) is 36.4 Å². The molecule has 0 radical (unpaired) electrons. The third kappa shape index (κ3) is 6.83. The van der Waals surface area contributed by atoms with Crippen molar-refractivity contribution in [2.75, 3.05) is 0 Å². The zero-order valence-electron chi connectivity index (χ0n) is 35.7. The van der Waals surface area contributed by atoms with Gasteiger partial charge in [0.05, 0.1) is 16.7 Å². The van der Waals surface area contributed by atoms with Gasteiger partial charge in [-0.05, 0) is 82.1 Å². The SMILES string of the molecule is Cc1ccc2c(c1)c1cc(C)ccc1n2-c1ccc(-c2cccc([Si](c3ccccc3)(c3ccccc3)c3ccccc3)c2)cc1-c1nc(-c2ccccc2)nc(-c2ccccc2)n1. The first-order chi connectivity index (χ1) is 31.5. The van der Waals surface area contributed by atoms with E-state index in [9.17, 15) is 0 Å². The molecule has 0 saturated heterocycles. The number of fused-ring (bicyclic) bond motifs is 3. The molecule has 11 aromatic rings. The highest BCUT2D eigenvalue weighted by Gasteiger charge is 2.41. The van der Waals surface area contributed by atoms with Crippen LogP contribution in [0.3, 0.4) is 0 Å². The Kier molecular flexibility index (Phi) is 9.95. The van der Waals surface area contributed by atoms with Crippen LogP contribution in [0.25, 0.3) is 72.8 Å². The van der Waals surface area contributed by atoms with Crippen LogP contribution in [0, 0.1) is 13.8 Å². The molecule has 0 unspecified atom stereocenters. The molecule has 0 bridgehead atoms. The van der Waals surface area contributed by atoms with Gasteiger partial charge in [0.1, 0.15) is 0 Å². The van der Waals surface area contributed by atoms with Crippen LogP contribution in [0.5, 0.6) is 0 Å². The van der Waals surface area contributed by atoms with Gasteiger partial charge in [-0.3, -0.25) is 0 Å². The Bertz CT molecular complexity index is 3230. The van der Waals surface area contributed by atoms with Gasteiger partial charge in [-0.2, -0.15) is 0 Å². The van der Waals surface area contributed by atoms with Crippen molar-refractivity contribution in [3.8, 4) is 51.0 Å². The van der Waals surface area contributed by atoms with Gasteiger partial charge in [-0.1, -0.05) is 205 Å². The normalized spacial score (nSPS) is 11.6. The molecule has 0 aliphatic carbocycles. The molecule has 9 aromatic carbocycles. The molecule has 64 heavy (non-hydrogen) atoms. The van der Waals surface area contributed by atoms with Crippen molar-refractivity contribution in [1.29, 1.82) is 0 Å². The Labute approximate surface area is 374 Å². The summed E-state index contributed by atoms with van der Waals surface area (Å²) in [5.74, 6) is 1.86. The van der Waals surface area contributed by atoms with E-state index in [4.69, 9.17) is 15.0 Å². The van der Waals surface area contributed by atoms with Crippen LogP contribution in [-0.4, -0.2) is 27.6 Å². The number of aryl methyl sites for hydroxylation is 2. The van der Waals surface area contributed by atoms with Crippen LogP contribution >= 0.6 is 0 Å². The van der Waals surface area contributed by atoms with E-state index >= 15 is 0 Å². The second-order valence-corrected chi connectivity index (χ2v) is 20.4. The highest BCUT2D eigenvalue weighted by Crippen LogP contribution is 2.39. The van der Waals surface area contributed by atoms with Gasteiger partial charge in [-0.25, -0.2) is 15.0 Å². The molecule has 0 fully saturated rings. The van der Waals surface area contributed by atoms with Crippen LogP contribution in [0.4, 0.5) is 0 Å². The number of hydrogen-bond acceptors (Lipinski definition) is 3. The molecule has 304 valence electrons. The molecule has 2 heterocycles. The third-order valence-electron chi connectivity index (χ3n) is 12.5. The monoisotopic (exact) mass is 836 g/mol. The Morgan fingerprint density at radius 3 is 1.22 bits per heavy atom. The van der Waals surface area contributed by atoms with E-state index in [0.717, 1.165) is 44.5 Å². The second kappa shape index (κ2) is 16.4. The minimum Gasteiger partial charge on any atom is -0.309 e. The van der Waals surface area contributed by atoms with Gasteiger partial charge in [0.2, 0.25) is 0 Å². The maximum Gasteiger partial charge on any atom is 0.179 e. The summed E-state index contributed by atoms with van der Waals surface area (Å²) in [6.07, 6.45) is 0. The van der Waals surface area contributed by atoms with Crippen LogP contribution in [-0.2, 0) is 0 Å². The number of hydrogen-bond donors (Lipinski definition) is 0. The summed E-state index contributed by atoms with van der Waals surface area (Å²) in [5.41, 5.74) is 10.7. The molecule has 4 nitrogen and oxygen atoms in total. The molecular formula is C59H44N4Si. The standard InChI is InChI=1S/C59H44N4Si/c1-41-31-34-54-51(37-41)52-38-42(2)32-35-55(52)63(54)56-36-33-46(40-53(56)59-61-57(43-19-8-3-9-20-43)60-58(62-59)44-21-10-4-11-22-44)45-23-18-30-50(39-45)64(47-24-12-5-13-25-47,48-26-14-6-15-27-48)49-28-16-7-17-29-49/h3-40H,1-2H3. The summed E-state index contributed by atoms with van der Waals surface area (Å²) in [5, 5.41) is 7.76. The van der Waals surface area contributed by atoms with Gasteiger partial charge in [0.15, 0.2) is 25.5 Å². The molecule has 0 atom stereocenters. The minimum atomic E-state index is -2.79. The lowest BCUT2D eigenvalue weighted by molar-refractivity contribution is 1.06. The lowest BCUT2D eigenvalue weighted by atomic mass is 10.0. The fourth-order valence-electron chi connectivity index (χ4n) is 9.53. The van der Waals surface area contributed by atoms with Gasteiger partial charge < -0.3 is 4.57 Å². The lowest BCUT2D eigenvalue weighted by Gasteiger charge is -2.34. The molecule has 0 aliphatic heterocycles. The number of nitrogens with zero attached hydrogens (tertiary/aromatic N) is 4. The van der Waals surface area contributed by atoms with E-state index < -0.39 is 8.07 Å². The van der Waals surface area contributed by atoms with Crippen LogP contribution in [0.2, 0.25) is 0 Å². The van der Waals surface area contributed by atoms with Gasteiger partial charge in [-0.15, -0.1) is 0 Å². The topological polar surface area (TPSA) is 43.6 Å². The Morgan fingerprint density at radius 1 is 0.328 bits per heavy atom. The fraction of sp³-hybridized carbons (Fsp3) is 0.0339. The molecular weight excluding hydrogens is 793 g/mol. The van der Waals surface area contributed by atoms with Crippen LogP contribution in [0.15, 0.2) is 231 Å². The van der Waals surface area contributed by atoms with Crippen molar-refractivity contribution < 1.29 is 0 Å². The van der Waals surface area contributed by atoms with Crippen molar-refractivity contribution in [3.63, 3.8) is 0 Å². The summed E-state index contributed by atoms with van der Waals surface area (Å²) in [6.45, 7) is 4.33. The first-order valence-corrected chi connectivity index (χ1v) is 23.9. The minimum absolute atomic E-state index is 0.608. The first kappa shape index (κ1) is 38.9. The predicted molar refractivity (Wildman–Crippen MR) is 269 cm³/mol. The van der Waals surface area contributed by atoms with Crippen LogP contribution in [0.1, 0.15) is 11.1 Å². The number of aromatic nitrogens is 4. The summed E-state index contributed by atoms with van der Waals surface area (Å²) < 4.78 is 2.39. The maximum absolute atomic E-state index is 5.34. The van der Waals surface area contributed by atoms with Gasteiger partial charge in [0.25, 0.3) is 0 Å². The number of benzene rings is 9. The predicted octanol–water partition coefficient (Wildman–Crippen LogP) is 11.6. The number of rotatable bonds is 9. The molecule has 0 spiro atoms. The zero-order chi connectivity index (χ0) is 43.0. The quantitative estimate of drug-likeness (QED) is 0.107. The lowest BCUT2D eigenvalue weighted by Crippen LogP contribution is -2.74. The molecule has 11 rings (SSSR count). The molecule has 0 N–H and O–H groups in total. The summed E-state index contributed by atoms with van der Waals surface area (Å²) in [4.78, 5) is 15.8. The van der Waals surface area contributed by atoms with E-state index in [-0.39, 0.29) is 0 Å². The molecule has 2 aromatic heterocycles. The average molecular weight is 837 g/mol. The third-order valence-corrected chi connectivity index (χ3v) is 17.3. The highest BCUT2D eigenvalue weighted by molar-refractivity contribution is 7.19. The average Bonchev–Trinajstić information content (AvgIpc) is 3.67.